The van der Waals surface area contributed by atoms with Crippen molar-refractivity contribution in [3.63, 3.8) is 0 Å². The summed E-state index contributed by atoms with van der Waals surface area (Å²) in [7, 11) is 2.08. The van der Waals surface area contributed by atoms with Gasteiger partial charge in [-0.2, -0.15) is 0 Å². The number of hydrogen-bond acceptors (Lipinski definition) is 9. The quantitative estimate of drug-likeness (QED) is 0.341. The number of nitrogens with two attached hydrogens (primary N) is 1. The van der Waals surface area contributed by atoms with Gasteiger partial charge in [-0.15, -0.1) is 5.10 Å². The maximum atomic E-state index is 14.3. The van der Waals surface area contributed by atoms with Gasteiger partial charge in [0, 0.05) is 57.9 Å². The summed E-state index contributed by atoms with van der Waals surface area (Å²) in [5.41, 5.74) is 9.17. The Morgan fingerprint density at radius 1 is 1.02 bits per heavy atom. The molecular formula is C29H38FN9O3. The van der Waals surface area contributed by atoms with Crippen LogP contribution < -0.4 is 21.3 Å². The summed E-state index contributed by atoms with van der Waals surface area (Å²) in [5.74, 6) is -1.22. The fourth-order valence-electron chi connectivity index (χ4n) is 5.16. The van der Waals surface area contributed by atoms with Crippen molar-refractivity contribution < 1.29 is 18.7 Å². The number of nitrogens with zero attached hydrogens (tertiary/aromatic N) is 6. The molecule has 12 nitrogen and oxygen atoms in total. The lowest BCUT2D eigenvalue weighted by molar-refractivity contribution is 0.0383. The van der Waals surface area contributed by atoms with Crippen molar-refractivity contribution in [2.45, 2.75) is 13.8 Å². The highest BCUT2D eigenvalue weighted by atomic mass is 19.1. The van der Waals surface area contributed by atoms with Gasteiger partial charge < -0.3 is 30.9 Å². The number of hydrogen-bond donors (Lipinski definition) is 3. The van der Waals surface area contributed by atoms with Gasteiger partial charge in [0.25, 0.3) is 11.8 Å². The van der Waals surface area contributed by atoms with Gasteiger partial charge in [-0.25, -0.2) is 9.07 Å². The van der Waals surface area contributed by atoms with Crippen LogP contribution in [0.3, 0.4) is 0 Å². The number of rotatable bonds is 8. The molecule has 0 radical (unpaired) electrons. The Labute approximate surface area is 244 Å². The third-order valence-corrected chi connectivity index (χ3v) is 7.97. The highest BCUT2D eigenvalue weighted by Gasteiger charge is 2.22. The van der Waals surface area contributed by atoms with Gasteiger partial charge in [-0.3, -0.25) is 14.5 Å². The van der Waals surface area contributed by atoms with Gasteiger partial charge in [-0.1, -0.05) is 5.21 Å². The number of nitrogen functional groups attached to an aromatic ring is 1. The molecule has 0 atom stereocenters. The number of nitrogens with one attached hydrogen (secondary N) is 2. The van der Waals surface area contributed by atoms with Crippen LogP contribution in [-0.4, -0.2) is 109 Å². The minimum absolute atomic E-state index is 0.0744. The molecule has 0 spiro atoms. The van der Waals surface area contributed by atoms with Crippen molar-refractivity contribution in [3.8, 4) is 5.69 Å². The first-order chi connectivity index (χ1) is 20.2. The molecule has 0 unspecified atom stereocenters. The average molecular weight is 580 g/mol. The molecule has 0 bridgehead atoms. The first kappa shape index (κ1) is 29.4. The van der Waals surface area contributed by atoms with Gasteiger partial charge >= 0.3 is 0 Å². The monoisotopic (exact) mass is 579 g/mol. The molecule has 2 fully saturated rings. The molecule has 4 N–H and O–H groups in total. The topological polar surface area (TPSA) is 134 Å². The van der Waals surface area contributed by atoms with E-state index < -0.39 is 11.7 Å². The molecule has 0 aliphatic carbocycles. The summed E-state index contributed by atoms with van der Waals surface area (Å²) < 4.78 is 21.2. The van der Waals surface area contributed by atoms with E-state index in [-0.39, 0.29) is 17.3 Å². The minimum atomic E-state index is -0.517. The summed E-state index contributed by atoms with van der Waals surface area (Å²) >= 11 is 0. The number of aromatic nitrogens is 3. The van der Waals surface area contributed by atoms with E-state index in [9.17, 15) is 14.0 Å². The Balaban J connectivity index is 1.36. The fourth-order valence-corrected chi connectivity index (χ4v) is 5.16. The largest absolute Gasteiger partial charge is 0.396 e. The zero-order valence-electron chi connectivity index (χ0n) is 24.3. The lowest BCUT2D eigenvalue weighted by atomic mass is 10.0. The molecular weight excluding hydrogens is 541 g/mol. The van der Waals surface area contributed by atoms with E-state index in [0.29, 0.717) is 47.8 Å². The Morgan fingerprint density at radius 2 is 1.76 bits per heavy atom. The van der Waals surface area contributed by atoms with Crippen LogP contribution in [0.25, 0.3) is 5.69 Å². The molecule has 3 aromatic rings. The highest BCUT2D eigenvalue weighted by Crippen LogP contribution is 2.31. The van der Waals surface area contributed by atoms with Crippen molar-refractivity contribution in [2.24, 2.45) is 0 Å². The number of ether oxygens (including phenoxy) is 1. The Hall–Kier alpha value is -4.07. The molecule has 5 rings (SSSR count). The Bertz CT molecular complexity index is 1450. The van der Waals surface area contributed by atoms with Gasteiger partial charge in [0.05, 0.1) is 42.2 Å². The van der Waals surface area contributed by atoms with Crippen molar-refractivity contribution in [1.29, 1.82) is 0 Å². The molecule has 3 heterocycles. The third kappa shape index (κ3) is 6.53. The molecule has 2 aliphatic heterocycles. The van der Waals surface area contributed by atoms with Crippen LogP contribution in [0.5, 0.6) is 0 Å². The standard InChI is InChI=1S/C29H38FN9O3/c1-19-20(2)27(30)23(31)17-22(19)28(40)33-24-16-21(4-5-26(24)38-10-8-36(3)9-11-38)39-18-25(34-35-39)29(41)32-6-7-37-12-14-42-15-13-37/h4-5,16-18H,6-15,31H2,1-3H3,(H,32,41)(H,33,40). The Morgan fingerprint density at radius 3 is 2.50 bits per heavy atom. The van der Waals surface area contributed by atoms with Crippen molar-refractivity contribution >= 4 is 28.9 Å². The average Bonchev–Trinajstić information content (AvgIpc) is 3.50. The van der Waals surface area contributed by atoms with E-state index in [1.165, 1.54) is 10.7 Å². The molecule has 224 valence electrons. The second kappa shape index (κ2) is 12.8. The molecule has 2 aliphatic rings. The molecule has 2 saturated heterocycles. The summed E-state index contributed by atoms with van der Waals surface area (Å²) in [6.45, 7) is 11.0. The lowest BCUT2D eigenvalue weighted by Crippen LogP contribution is -2.44. The zero-order valence-corrected chi connectivity index (χ0v) is 24.3. The maximum absolute atomic E-state index is 14.3. The summed E-state index contributed by atoms with van der Waals surface area (Å²) in [4.78, 5) is 32.9. The van der Waals surface area contributed by atoms with Crippen molar-refractivity contribution in [2.75, 3.05) is 88.6 Å². The van der Waals surface area contributed by atoms with E-state index in [0.717, 1.165) is 51.5 Å². The zero-order chi connectivity index (χ0) is 29.8. The van der Waals surface area contributed by atoms with Crippen LogP contribution in [-0.2, 0) is 4.74 Å². The Kier molecular flexibility index (Phi) is 9.00. The van der Waals surface area contributed by atoms with Gasteiger partial charge in [0.15, 0.2) is 5.69 Å². The van der Waals surface area contributed by atoms with E-state index in [2.05, 4.69) is 42.7 Å². The smallest absolute Gasteiger partial charge is 0.273 e. The molecule has 42 heavy (non-hydrogen) atoms. The molecule has 2 aromatic carbocycles. The lowest BCUT2D eigenvalue weighted by Gasteiger charge is -2.35. The number of piperazine rings is 1. The summed E-state index contributed by atoms with van der Waals surface area (Å²) in [5, 5.41) is 14.2. The van der Waals surface area contributed by atoms with Gasteiger partial charge in [0.2, 0.25) is 0 Å². The summed E-state index contributed by atoms with van der Waals surface area (Å²) in [6.07, 6.45) is 1.56. The molecule has 1 aromatic heterocycles. The molecule has 13 heteroatoms. The van der Waals surface area contributed by atoms with E-state index in [1.807, 2.05) is 12.1 Å². The predicted molar refractivity (Wildman–Crippen MR) is 159 cm³/mol. The SMILES string of the molecule is Cc1c(C(=O)Nc2cc(-n3cc(C(=O)NCCN4CCOCC4)nn3)ccc2N2CCN(C)CC2)cc(N)c(F)c1C. The number of morpholine rings is 1. The first-order valence-electron chi connectivity index (χ1n) is 14.2. The number of likely N-dealkylation sites (N-methyl/N-ethyl adjacent to an activating group) is 1. The van der Waals surface area contributed by atoms with Crippen molar-refractivity contribution in [1.82, 2.24) is 30.1 Å². The van der Waals surface area contributed by atoms with E-state index in [1.54, 1.807) is 26.1 Å². The van der Waals surface area contributed by atoms with Gasteiger partial charge in [-0.05, 0) is 56.3 Å². The number of halogens is 1. The van der Waals surface area contributed by atoms with Crippen LogP contribution in [0, 0.1) is 19.7 Å². The highest BCUT2D eigenvalue weighted by molar-refractivity contribution is 6.07. The second-order valence-electron chi connectivity index (χ2n) is 10.8. The fraction of sp³-hybridized carbons (Fsp3) is 0.448. The third-order valence-electron chi connectivity index (χ3n) is 7.97. The number of carbonyl (C=O) groups excluding carboxylic acids is 2. The number of benzene rings is 2. The second-order valence-corrected chi connectivity index (χ2v) is 10.8. The van der Waals surface area contributed by atoms with E-state index in [4.69, 9.17) is 10.5 Å². The van der Waals surface area contributed by atoms with Crippen LogP contribution in [0.15, 0.2) is 30.5 Å². The summed E-state index contributed by atoms with van der Waals surface area (Å²) in [6, 6.07) is 6.98. The van der Waals surface area contributed by atoms with Crippen LogP contribution in [0.1, 0.15) is 32.0 Å². The predicted octanol–water partition coefficient (Wildman–Crippen LogP) is 1.67. The van der Waals surface area contributed by atoms with E-state index >= 15 is 0 Å². The maximum Gasteiger partial charge on any atom is 0.273 e. The molecule has 0 saturated carbocycles. The number of carbonyl (C=O) groups is 2. The minimum Gasteiger partial charge on any atom is -0.396 e. The number of amides is 2. The van der Waals surface area contributed by atoms with Gasteiger partial charge in [0.1, 0.15) is 5.82 Å². The van der Waals surface area contributed by atoms with Crippen LogP contribution >= 0.6 is 0 Å². The molecule has 2 amide bonds. The normalized spacial score (nSPS) is 16.4. The number of anilines is 3. The first-order valence-corrected chi connectivity index (χ1v) is 14.2. The van der Waals surface area contributed by atoms with Crippen LogP contribution in [0.4, 0.5) is 21.5 Å². The van der Waals surface area contributed by atoms with Crippen molar-refractivity contribution in [3.05, 3.63) is 58.7 Å². The van der Waals surface area contributed by atoms with Crippen LogP contribution in [0.2, 0.25) is 0 Å².